The Hall–Kier alpha value is -1.27. The number of aryl methyl sites for hydroxylation is 1. The molecule has 96 valence electrons. The maximum Gasteiger partial charge on any atom is 0.158 e. The molecule has 1 aromatic heterocycles. The molecule has 0 spiro atoms. The Balaban J connectivity index is 1.96. The van der Waals surface area contributed by atoms with E-state index in [1.165, 1.54) is 7.11 Å². The van der Waals surface area contributed by atoms with Crippen LogP contribution < -0.4 is 0 Å². The molecule has 0 atom stereocenters. The number of rotatable bonds is 9. The van der Waals surface area contributed by atoms with Crippen molar-refractivity contribution in [3.63, 3.8) is 0 Å². The summed E-state index contributed by atoms with van der Waals surface area (Å²) in [5.41, 5.74) is 0.898. The van der Waals surface area contributed by atoms with E-state index < -0.39 is 0 Å². The van der Waals surface area contributed by atoms with E-state index >= 15 is 0 Å². The Kier molecular flexibility index (Phi) is 6.42. The fraction of sp³-hybridized carbons (Fsp3) is 0.727. The smallest absolute Gasteiger partial charge is 0.158 e. The summed E-state index contributed by atoms with van der Waals surface area (Å²) >= 11 is 0. The highest BCUT2D eigenvalue weighted by Gasteiger charge is 2.00. The first kappa shape index (κ1) is 13.8. The van der Waals surface area contributed by atoms with Gasteiger partial charge >= 0.3 is 0 Å². The molecule has 0 bridgehead atoms. The summed E-state index contributed by atoms with van der Waals surface area (Å²) < 4.78 is 11.9. The second-order valence-electron chi connectivity index (χ2n) is 3.81. The van der Waals surface area contributed by atoms with Crippen molar-refractivity contribution in [2.24, 2.45) is 0 Å². The number of carbonyl (C=O) groups excluding carboxylic acids is 1. The molecule has 6 heteroatoms. The third-order valence-corrected chi connectivity index (χ3v) is 2.17. The van der Waals surface area contributed by atoms with Crippen LogP contribution in [0, 0.1) is 6.92 Å². The summed E-state index contributed by atoms with van der Waals surface area (Å²) in [6, 6.07) is 0. The molecule has 0 saturated heterocycles. The van der Waals surface area contributed by atoms with Crippen LogP contribution in [0.2, 0.25) is 0 Å². The number of ether oxygens (including phenoxy) is 2. The van der Waals surface area contributed by atoms with Crippen molar-refractivity contribution in [2.75, 3.05) is 26.9 Å². The number of methoxy groups -OCH3 is 1. The number of aromatic nitrogens is 3. The van der Waals surface area contributed by atoms with E-state index in [0.29, 0.717) is 26.2 Å². The molecule has 0 unspecified atom stereocenters. The number of carbonyl (C=O) groups is 1. The predicted octanol–water partition coefficient (Wildman–Crippen LogP) is 0.599. The van der Waals surface area contributed by atoms with Crippen LogP contribution >= 0.6 is 0 Å². The van der Waals surface area contributed by atoms with Crippen molar-refractivity contribution in [3.8, 4) is 0 Å². The summed E-state index contributed by atoms with van der Waals surface area (Å²) in [7, 11) is 1.52. The lowest BCUT2D eigenvalue weighted by molar-refractivity contribution is -0.123. The SMILES string of the molecule is COCC(=O)CCCOCCn1cc(C)nn1. The van der Waals surface area contributed by atoms with Gasteiger partial charge in [0.15, 0.2) is 5.78 Å². The van der Waals surface area contributed by atoms with E-state index in [2.05, 4.69) is 10.3 Å². The second-order valence-corrected chi connectivity index (χ2v) is 3.81. The van der Waals surface area contributed by atoms with E-state index in [1.54, 1.807) is 4.68 Å². The van der Waals surface area contributed by atoms with Crippen LogP contribution in [0.25, 0.3) is 0 Å². The zero-order chi connectivity index (χ0) is 12.5. The topological polar surface area (TPSA) is 66.2 Å². The molecule has 17 heavy (non-hydrogen) atoms. The quantitative estimate of drug-likeness (QED) is 0.592. The maximum absolute atomic E-state index is 11.1. The van der Waals surface area contributed by atoms with Gasteiger partial charge in [-0.25, -0.2) is 4.68 Å². The molecule has 6 nitrogen and oxygen atoms in total. The van der Waals surface area contributed by atoms with Crippen molar-refractivity contribution in [1.82, 2.24) is 15.0 Å². The summed E-state index contributed by atoms with van der Waals surface area (Å²) in [4.78, 5) is 11.1. The minimum atomic E-state index is 0.114. The third kappa shape index (κ3) is 6.13. The summed E-state index contributed by atoms with van der Waals surface area (Å²) in [5.74, 6) is 0.114. The molecule has 0 aliphatic rings. The van der Waals surface area contributed by atoms with Gasteiger partial charge in [0.25, 0.3) is 0 Å². The van der Waals surface area contributed by atoms with Crippen LogP contribution in [-0.4, -0.2) is 47.7 Å². The summed E-state index contributed by atoms with van der Waals surface area (Å²) in [5, 5.41) is 7.78. The molecule has 0 N–H and O–H groups in total. The zero-order valence-corrected chi connectivity index (χ0v) is 10.4. The number of ketones is 1. The van der Waals surface area contributed by atoms with Crippen molar-refractivity contribution >= 4 is 5.78 Å². The molecule has 1 heterocycles. The lowest BCUT2D eigenvalue weighted by Crippen LogP contribution is -2.10. The molecule has 0 saturated carbocycles. The van der Waals surface area contributed by atoms with E-state index in [4.69, 9.17) is 9.47 Å². The van der Waals surface area contributed by atoms with Gasteiger partial charge in [-0.3, -0.25) is 4.79 Å². The highest BCUT2D eigenvalue weighted by atomic mass is 16.5. The van der Waals surface area contributed by atoms with Crippen LogP contribution in [0.1, 0.15) is 18.5 Å². The highest BCUT2D eigenvalue weighted by molar-refractivity contribution is 5.79. The number of Topliss-reactive ketones (excluding diaryl/α,β-unsaturated/α-hetero) is 1. The van der Waals surface area contributed by atoms with Gasteiger partial charge in [0, 0.05) is 26.3 Å². The van der Waals surface area contributed by atoms with Gasteiger partial charge in [0.05, 0.1) is 18.8 Å². The van der Waals surface area contributed by atoms with E-state index in [9.17, 15) is 4.79 Å². The summed E-state index contributed by atoms with van der Waals surface area (Å²) in [6.07, 6.45) is 3.11. The molecule has 0 aromatic carbocycles. The average Bonchev–Trinajstić information content (AvgIpc) is 2.70. The minimum absolute atomic E-state index is 0.114. The summed E-state index contributed by atoms with van der Waals surface area (Å²) in [6.45, 7) is 3.95. The maximum atomic E-state index is 11.1. The van der Waals surface area contributed by atoms with Gasteiger partial charge in [0.2, 0.25) is 0 Å². The van der Waals surface area contributed by atoms with E-state index in [-0.39, 0.29) is 12.4 Å². The van der Waals surface area contributed by atoms with Gasteiger partial charge in [-0.15, -0.1) is 5.10 Å². The Morgan fingerprint density at radius 1 is 1.47 bits per heavy atom. The third-order valence-electron chi connectivity index (χ3n) is 2.17. The Labute approximate surface area is 101 Å². The number of hydrogen-bond acceptors (Lipinski definition) is 5. The fourth-order valence-electron chi connectivity index (χ4n) is 1.37. The first-order chi connectivity index (χ1) is 8.22. The Morgan fingerprint density at radius 3 is 2.94 bits per heavy atom. The second kappa shape index (κ2) is 7.92. The Bertz CT molecular complexity index is 338. The first-order valence-electron chi connectivity index (χ1n) is 5.67. The lowest BCUT2D eigenvalue weighted by atomic mass is 10.2. The van der Waals surface area contributed by atoms with Crippen molar-refractivity contribution in [2.45, 2.75) is 26.3 Å². The molecule has 0 amide bonds. The van der Waals surface area contributed by atoms with Gasteiger partial charge < -0.3 is 9.47 Å². The van der Waals surface area contributed by atoms with E-state index in [0.717, 1.165) is 12.1 Å². The van der Waals surface area contributed by atoms with Crippen LogP contribution in [0.3, 0.4) is 0 Å². The number of hydrogen-bond donors (Lipinski definition) is 0. The fourth-order valence-corrected chi connectivity index (χ4v) is 1.37. The molecule has 1 aromatic rings. The van der Waals surface area contributed by atoms with Crippen molar-refractivity contribution in [1.29, 1.82) is 0 Å². The minimum Gasteiger partial charge on any atom is -0.380 e. The average molecular weight is 241 g/mol. The van der Waals surface area contributed by atoms with Crippen LogP contribution in [0.4, 0.5) is 0 Å². The van der Waals surface area contributed by atoms with Gasteiger partial charge in [-0.2, -0.15) is 0 Å². The van der Waals surface area contributed by atoms with Gasteiger partial charge in [-0.05, 0) is 13.3 Å². The highest BCUT2D eigenvalue weighted by Crippen LogP contribution is 1.94. The molecule has 0 aliphatic heterocycles. The zero-order valence-electron chi connectivity index (χ0n) is 10.4. The number of nitrogens with zero attached hydrogens (tertiary/aromatic N) is 3. The normalized spacial score (nSPS) is 10.7. The lowest BCUT2D eigenvalue weighted by Gasteiger charge is -2.03. The molecular weight excluding hydrogens is 222 g/mol. The van der Waals surface area contributed by atoms with Crippen LogP contribution in [-0.2, 0) is 20.8 Å². The van der Waals surface area contributed by atoms with Crippen molar-refractivity contribution < 1.29 is 14.3 Å². The van der Waals surface area contributed by atoms with Crippen LogP contribution in [0.15, 0.2) is 6.20 Å². The molecule has 0 aliphatic carbocycles. The monoisotopic (exact) mass is 241 g/mol. The predicted molar refractivity (Wildman–Crippen MR) is 61.7 cm³/mol. The Morgan fingerprint density at radius 2 is 2.29 bits per heavy atom. The van der Waals surface area contributed by atoms with Crippen molar-refractivity contribution in [3.05, 3.63) is 11.9 Å². The molecular formula is C11H19N3O3. The molecule has 0 radical (unpaired) electrons. The molecule has 1 rings (SSSR count). The van der Waals surface area contributed by atoms with E-state index in [1.807, 2.05) is 13.1 Å². The first-order valence-corrected chi connectivity index (χ1v) is 5.67. The molecule has 0 fully saturated rings. The van der Waals surface area contributed by atoms with Crippen LogP contribution in [0.5, 0.6) is 0 Å². The standard InChI is InChI=1S/C11H19N3O3/c1-10-8-14(13-12-10)5-7-17-6-3-4-11(15)9-16-2/h8H,3-7,9H2,1-2H3. The largest absolute Gasteiger partial charge is 0.380 e. The van der Waals surface area contributed by atoms with Gasteiger partial charge in [0.1, 0.15) is 6.61 Å². The van der Waals surface area contributed by atoms with Gasteiger partial charge in [-0.1, -0.05) is 5.21 Å².